The van der Waals surface area contributed by atoms with Crippen LogP contribution in [0.15, 0.2) is 36.5 Å². The van der Waals surface area contributed by atoms with Crippen molar-refractivity contribution in [3.8, 4) is 0 Å². The Kier molecular flexibility index (Phi) is 3.15. The number of aromatic nitrogens is 1. The summed E-state index contributed by atoms with van der Waals surface area (Å²) in [5, 5.41) is 2.03. The summed E-state index contributed by atoms with van der Waals surface area (Å²) in [5.41, 5.74) is 0.815. The molecule has 0 saturated carbocycles. The highest BCUT2D eigenvalue weighted by Gasteiger charge is 2.46. The summed E-state index contributed by atoms with van der Waals surface area (Å²) in [7, 11) is 2.17. The Hall–Kier alpha value is -1.94. The lowest BCUT2D eigenvalue weighted by Gasteiger charge is -2.55. The van der Waals surface area contributed by atoms with E-state index in [1.54, 1.807) is 6.20 Å². The van der Waals surface area contributed by atoms with Gasteiger partial charge in [-0.05, 0) is 37.8 Å². The second-order valence-corrected chi connectivity index (χ2v) is 6.61. The van der Waals surface area contributed by atoms with E-state index in [9.17, 15) is 4.79 Å². The highest BCUT2D eigenvalue weighted by molar-refractivity contribution is 6.05. The molecule has 2 aromatic rings. The Bertz CT molecular complexity index is 724. The molecule has 1 spiro atoms. The van der Waals surface area contributed by atoms with Crippen LogP contribution in [0, 0.1) is 0 Å². The Labute approximate surface area is 130 Å². The van der Waals surface area contributed by atoms with Crippen molar-refractivity contribution in [2.45, 2.75) is 24.8 Å². The smallest absolute Gasteiger partial charge is 0.273 e. The molecule has 1 aromatic carbocycles. The lowest BCUT2D eigenvalue weighted by atomic mass is 9.78. The van der Waals surface area contributed by atoms with E-state index in [-0.39, 0.29) is 11.4 Å². The van der Waals surface area contributed by atoms with Crippen LogP contribution < -0.4 is 0 Å². The largest absolute Gasteiger partial charge is 0.335 e. The molecule has 2 aliphatic rings. The molecule has 0 N–H and O–H groups in total. The molecule has 2 saturated heterocycles. The fourth-order valence-corrected chi connectivity index (χ4v) is 3.89. The summed E-state index contributed by atoms with van der Waals surface area (Å²) in [6.45, 7) is 2.83. The van der Waals surface area contributed by atoms with Crippen molar-refractivity contribution in [3.05, 3.63) is 42.2 Å². The van der Waals surface area contributed by atoms with Gasteiger partial charge in [0, 0.05) is 36.8 Å². The molecule has 114 valence electrons. The first-order valence-corrected chi connectivity index (χ1v) is 8.04. The minimum atomic E-state index is 0.0798. The summed E-state index contributed by atoms with van der Waals surface area (Å²) < 4.78 is 0. The van der Waals surface area contributed by atoms with Gasteiger partial charge in [-0.15, -0.1) is 0 Å². The highest BCUT2D eigenvalue weighted by Crippen LogP contribution is 2.37. The summed E-state index contributed by atoms with van der Waals surface area (Å²) >= 11 is 0. The van der Waals surface area contributed by atoms with Crippen LogP contribution in [0.1, 0.15) is 29.8 Å². The second kappa shape index (κ2) is 5.06. The molecular formula is C18H21N3O. The molecule has 0 bridgehead atoms. The number of likely N-dealkylation sites (N-methyl/N-ethyl adjacent to an activating group) is 1. The van der Waals surface area contributed by atoms with Crippen LogP contribution in [0.2, 0.25) is 0 Å². The molecule has 4 nitrogen and oxygen atoms in total. The van der Waals surface area contributed by atoms with E-state index in [0.29, 0.717) is 5.69 Å². The van der Waals surface area contributed by atoms with Crippen molar-refractivity contribution < 1.29 is 4.79 Å². The number of likely N-dealkylation sites (tertiary alicyclic amines) is 2. The van der Waals surface area contributed by atoms with Gasteiger partial charge >= 0.3 is 0 Å². The Morgan fingerprint density at radius 2 is 2.05 bits per heavy atom. The Morgan fingerprint density at radius 3 is 2.82 bits per heavy atom. The SMILES string of the molecule is CN1CCC12CCCN(C(=O)c1nccc3ccccc13)C2. The van der Waals surface area contributed by atoms with Gasteiger partial charge in [-0.1, -0.05) is 24.3 Å². The summed E-state index contributed by atoms with van der Waals surface area (Å²) in [4.78, 5) is 21.8. The van der Waals surface area contributed by atoms with Crippen molar-refractivity contribution in [1.82, 2.24) is 14.8 Å². The summed E-state index contributed by atoms with van der Waals surface area (Å²) in [5.74, 6) is 0.0798. The van der Waals surface area contributed by atoms with Crippen molar-refractivity contribution in [3.63, 3.8) is 0 Å². The van der Waals surface area contributed by atoms with Gasteiger partial charge in [0.1, 0.15) is 5.69 Å². The minimum Gasteiger partial charge on any atom is -0.335 e. The summed E-state index contributed by atoms with van der Waals surface area (Å²) in [6.07, 6.45) is 5.23. The number of benzene rings is 1. The Balaban J connectivity index is 1.66. The van der Waals surface area contributed by atoms with E-state index < -0.39 is 0 Å². The lowest BCUT2D eigenvalue weighted by molar-refractivity contribution is -0.0409. The quantitative estimate of drug-likeness (QED) is 0.811. The maximum absolute atomic E-state index is 13.0. The maximum Gasteiger partial charge on any atom is 0.273 e. The molecule has 3 heterocycles. The fourth-order valence-electron chi connectivity index (χ4n) is 3.89. The molecule has 2 fully saturated rings. The van der Waals surface area contributed by atoms with Crippen molar-refractivity contribution in [2.24, 2.45) is 0 Å². The molecule has 1 aromatic heterocycles. The number of rotatable bonds is 1. The Morgan fingerprint density at radius 1 is 1.18 bits per heavy atom. The van der Waals surface area contributed by atoms with Gasteiger partial charge in [0.15, 0.2) is 0 Å². The van der Waals surface area contributed by atoms with Gasteiger partial charge in [-0.2, -0.15) is 0 Å². The standard InChI is InChI=1S/C18H21N3O/c1-20-12-9-18(20)8-4-11-21(13-18)17(22)16-15-6-3-2-5-14(15)7-10-19-16/h2-3,5-7,10H,4,8-9,11-13H2,1H3. The van der Waals surface area contributed by atoms with E-state index in [1.807, 2.05) is 35.2 Å². The van der Waals surface area contributed by atoms with Crippen LogP contribution in [-0.4, -0.2) is 52.9 Å². The lowest BCUT2D eigenvalue weighted by Crippen LogP contribution is -2.66. The van der Waals surface area contributed by atoms with Gasteiger partial charge < -0.3 is 4.90 Å². The van der Waals surface area contributed by atoms with Gasteiger partial charge in [-0.3, -0.25) is 14.7 Å². The number of hydrogen-bond donors (Lipinski definition) is 0. The van der Waals surface area contributed by atoms with E-state index >= 15 is 0 Å². The van der Waals surface area contributed by atoms with E-state index in [2.05, 4.69) is 16.9 Å². The predicted octanol–water partition coefficient (Wildman–Crippen LogP) is 2.55. The number of piperidine rings is 1. The van der Waals surface area contributed by atoms with Gasteiger partial charge in [-0.25, -0.2) is 0 Å². The van der Waals surface area contributed by atoms with Gasteiger partial charge in [0.2, 0.25) is 0 Å². The predicted molar refractivity (Wildman–Crippen MR) is 86.9 cm³/mol. The third kappa shape index (κ3) is 2.02. The fraction of sp³-hybridized carbons (Fsp3) is 0.444. The van der Waals surface area contributed by atoms with Crippen molar-refractivity contribution in [1.29, 1.82) is 0 Å². The van der Waals surface area contributed by atoms with Gasteiger partial charge in [0.05, 0.1) is 0 Å². The zero-order valence-electron chi connectivity index (χ0n) is 13.0. The maximum atomic E-state index is 13.0. The van der Waals surface area contributed by atoms with Crippen LogP contribution in [0.5, 0.6) is 0 Å². The monoisotopic (exact) mass is 295 g/mol. The second-order valence-electron chi connectivity index (χ2n) is 6.61. The first-order valence-electron chi connectivity index (χ1n) is 8.04. The molecule has 4 heteroatoms. The molecule has 22 heavy (non-hydrogen) atoms. The molecular weight excluding hydrogens is 274 g/mol. The number of amides is 1. The van der Waals surface area contributed by atoms with Crippen molar-refractivity contribution in [2.75, 3.05) is 26.7 Å². The van der Waals surface area contributed by atoms with Crippen LogP contribution in [0.4, 0.5) is 0 Å². The molecule has 0 aliphatic carbocycles. The van der Waals surface area contributed by atoms with Crippen LogP contribution >= 0.6 is 0 Å². The molecule has 1 atom stereocenters. The third-order valence-electron chi connectivity index (χ3n) is 5.44. The number of carbonyl (C=O) groups excluding carboxylic acids is 1. The average Bonchev–Trinajstić information content (AvgIpc) is 2.59. The van der Waals surface area contributed by atoms with E-state index in [4.69, 9.17) is 0 Å². The number of pyridine rings is 1. The number of carbonyl (C=O) groups is 1. The molecule has 0 radical (unpaired) electrons. The molecule has 1 unspecified atom stereocenters. The van der Waals surface area contributed by atoms with Gasteiger partial charge in [0.25, 0.3) is 5.91 Å². The number of fused-ring (bicyclic) bond motifs is 1. The third-order valence-corrected chi connectivity index (χ3v) is 5.44. The first kappa shape index (κ1) is 13.7. The number of hydrogen-bond acceptors (Lipinski definition) is 3. The van der Waals surface area contributed by atoms with Crippen LogP contribution in [0.25, 0.3) is 10.8 Å². The van der Waals surface area contributed by atoms with E-state index in [0.717, 1.165) is 36.8 Å². The molecule has 2 aliphatic heterocycles. The molecule has 1 amide bonds. The average molecular weight is 295 g/mol. The van der Waals surface area contributed by atoms with Crippen molar-refractivity contribution >= 4 is 16.7 Å². The summed E-state index contributed by atoms with van der Waals surface area (Å²) in [6, 6.07) is 9.95. The zero-order valence-corrected chi connectivity index (χ0v) is 13.0. The number of nitrogens with zero attached hydrogens (tertiary/aromatic N) is 3. The normalized spacial score (nSPS) is 25.4. The topological polar surface area (TPSA) is 36.4 Å². The van der Waals surface area contributed by atoms with Crippen LogP contribution in [0.3, 0.4) is 0 Å². The molecule has 4 rings (SSSR count). The zero-order chi connectivity index (χ0) is 15.2. The minimum absolute atomic E-state index is 0.0798. The van der Waals surface area contributed by atoms with Crippen LogP contribution in [-0.2, 0) is 0 Å². The van der Waals surface area contributed by atoms with E-state index in [1.165, 1.54) is 12.8 Å². The highest BCUT2D eigenvalue weighted by atomic mass is 16.2. The first-order chi connectivity index (χ1) is 10.7.